The number of halogens is 3. The quantitative estimate of drug-likeness (QED) is 0.865. The first-order chi connectivity index (χ1) is 9.30. The van der Waals surface area contributed by atoms with Crippen LogP contribution in [0.15, 0.2) is 24.3 Å². The van der Waals surface area contributed by atoms with Gasteiger partial charge < -0.3 is 5.73 Å². The fraction of sp³-hybridized carbons (Fsp3) is 0.600. The fourth-order valence-electron chi connectivity index (χ4n) is 2.48. The highest BCUT2D eigenvalue weighted by Crippen LogP contribution is 2.30. The number of nitrogens with zero attached hydrogens (tertiary/aromatic N) is 1. The van der Waals surface area contributed by atoms with Crippen LogP contribution in [-0.4, -0.2) is 30.2 Å². The first-order valence-corrected chi connectivity index (χ1v) is 6.92. The van der Waals surface area contributed by atoms with Crippen molar-refractivity contribution in [3.63, 3.8) is 0 Å². The highest BCUT2D eigenvalue weighted by atomic mass is 19.4. The molecule has 0 aliphatic rings. The van der Waals surface area contributed by atoms with Gasteiger partial charge in [0, 0.05) is 6.04 Å². The van der Waals surface area contributed by atoms with Crippen molar-refractivity contribution in [2.24, 2.45) is 5.73 Å². The van der Waals surface area contributed by atoms with E-state index >= 15 is 0 Å². The zero-order chi connectivity index (χ0) is 15.3. The molecular formula is C15H23F3N2. The summed E-state index contributed by atoms with van der Waals surface area (Å²) in [6.07, 6.45) is -3.59. The number of hydrogen-bond acceptors (Lipinski definition) is 2. The summed E-state index contributed by atoms with van der Waals surface area (Å²) in [4.78, 5) is 1.41. The van der Waals surface area contributed by atoms with E-state index in [4.69, 9.17) is 5.73 Å². The Balaban J connectivity index is 3.14. The van der Waals surface area contributed by atoms with Crippen molar-refractivity contribution in [3.05, 3.63) is 35.4 Å². The number of nitrogens with two attached hydrogens (primary N) is 1. The Labute approximate surface area is 118 Å². The lowest BCUT2D eigenvalue weighted by atomic mass is 9.93. The van der Waals surface area contributed by atoms with Gasteiger partial charge in [-0.05, 0) is 31.0 Å². The van der Waals surface area contributed by atoms with Crippen LogP contribution >= 0.6 is 0 Å². The molecule has 0 aliphatic carbocycles. The minimum atomic E-state index is -4.22. The number of likely N-dealkylation sites (N-methyl/N-ethyl adjacent to an activating group) is 1. The van der Waals surface area contributed by atoms with Crippen molar-refractivity contribution in [3.8, 4) is 0 Å². The van der Waals surface area contributed by atoms with Crippen molar-refractivity contribution in [2.75, 3.05) is 13.1 Å². The van der Waals surface area contributed by atoms with Crippen LogP contribution in [0, 0.1) is 6.92 Å². The molecule has 5 heteroatoms. The molecule has 0 aliphatic heterocycles. The molecule has 0 fully saturated rings. The molecule has 2 atom stereocenters. The summed E-state index contributed by atoms with van der Waals surface area (Å²) in [7, 11) is 0. The molecule has 114 valence electrons. The van der Waals surface area contributed by atoms with Crippen LogP contribution in [0.3, 0.4) is 0 Å². The van der Waals surface area contributed by atoms with E-state index in [0.29, 0.717) is 13.0 Å². The molecule has 20 heavy (non-hydrogen) atoms. The first kappa shape index (κ1) is 17.0. The summed E-state index contributed by atoms with van der Waals surface area (Å²) in [5.41, 5.74) is 7.96. The summed E-state index contributed by atoms with van der Waals surface area (Å²) < 4.78 is 38.3. The molecule has 2 nitrogen and oxygen atoms in total. The van der Waals surface area contributed by atoms with Gasteiger partial charge in [-0.3, -0.25) is 4.90 Å². The first-order valence-electron chi connectivity index (χ1n) is 6.92. The van der Waals surface area contributed by atoms with Crippen molar-refractivity contribution in [1.82, 2.24) is 4.90 Å². The van der Waals surface area contributed by atoms with Gasteiger partial charge in [0.15, 0.2) is 0 Å². The zero-order valence-corrected chi connectivity index (χ0v) is 12.2. The molecule has 1 rings (SSSR count). The van der Waals surface area contributed by atoms with E-state index in [1.165, 1.54) is 4.90 Å². The normalized spacial score (nSPS) is 15.4. The lowest BCUT2D eigenvalue weighted by molar-refractivity contribution is -0.151. The van der Waals surface area contributed by atoms with E-state index in [1.807, 2.05) is 38.1 Å². The summed E-state index contributed by atoms with van der Waals surface area (Å²) >= 11 is 0. The molecule has 0 radical (unpaired) electrons. The van der Waals surface area contributed by atoms with Gasteiger partial charge in [0.25, 0.3) is 0 Å². The molecule has 0 bridgehead atoms. The van der Waals surface area contributed by atoms with Crippen LogP contribution in [0.1, 0.15) is 37.4 Å². The van der Waals surface area contributed by atoms with E-state index in [0.717, 1.165) is 11.1 Å². The molecule has 0 aromatic heterocycles. The second-order valence-corrected chi connectivity index (χ2v) is 5.05. The Bertz CT molecular complexity index is 418. The van der Waals surface area contributed by atoms with Gasteiger partial charge in [0.05, 0.1) is 12.6 Å². The number of rotatable bonds is 6. The van der Waals surface area contributed by atoms with Crippen LogP contribution in [0.4, 0.5) is 13.2 Å². The standard InChI is InChI=1S/C15H23F3N2/c1-4-13(19)14(12-9-7-6-8-11(12)3)20(5-2)10-15(16,17)18/h6-9,13-14H,4-5,10,19H2,1-3H3. The summed E-state index contributed by atoms with van der Waals surface area (Å²) in [6, 6.07) is 6.78. The van der Waals surface area contributed by atoms with Crippen LogP contribution in [-0.2, 0) is 0 Å². The average molecular weight is 288 g/mol. The van der Waals surface area contributed by atoms with Crippen molar-refractivity contribution in [1.29, 1.82) is 0 Å². The van der Waals surface area contributed by atoms with Gasteiger partial charge in [0.2, 0.25) is 0 Å². The highest BCUT2D eigenvalue weighted by molar-refractivity contribution is 5.30. The third-order valence-corrected chi connectivity index (χ3v) is 3.57. The number of aryl methyl sites for hydroxylation is 1. The van der Waals surface area contributed by atoms with Gasteiger partial charge >= 0.3 is 6.18 Å². The van der Waals surface area contributed by atoms with E-state index in [2.05, 4.69) is 0 Å². The average Bonchev–Trinajstić information content (AvgIpc) is 2.38. The minimum Gasteiger partial charge on any atom is -0.326 e. The SMILES string of the molecule is CCC(N)C(c1ccccc1C)N(CC)CC(F)(F)F. The van der Waals surface area contributed by atoms with Gasteiger partial charge in [-0.15, -0.1) is 0 Å². The lowest BCUT2D eigenvalue weighted by Crippen LogP contribution is -2.45. The summed E-state index contributed by atoms with van der Waals surface area (Å²) in [6.45, 7) is 4.92. The maximum atomic E-state index is 12.8. The van der Waals surface area contributed by atoms with E-state index in [9.17, 15) is 13.2 Å². The lowest BCUT2D eigenvalue weighted by Gasteiger charge is -2.36. The van der Waals surface area contributed by atoms with E-state index < -0.39 is 18.8 Å². The number of alkyl halides is 3. The zero-order valence-electron chi connectivity index (χ0n) is 12.2. The monoisotopic (exact) mass is 288 g/mol. The fourth-order valence-corrected chi connectivity index (χ4v) is 2.48. The highest BCUT2D eigenvalue weighted by Gasteiger charge is 2.35. The molecule has 1 aromatic carbocycles. The van der Waals surface area contributed by atoms with Crippen LogP contribution in [0.5, 0.6) is 0 Å². The van der Waals surface area contributed by atoms with Crippen LogP contribution < -0.4 is 5.73 Å². The van der Waals surface area contributed by atoms with Gasteiger partial charge in [0.1, 0.15) is 0 Å². The molecule has 0 saturated heterocycles. The number of hydrogen-bond donors (Lipinski definition) is 1. The van der Waals surface area contributed by atoms with Gasteiger partial charge in [-0.1, -0.05) is 38.1 Å². The maximum absolute atomic E-state index is 12.8. The Morgan fingerprint density at radius 1 is 1.20 bits per heavy atom. The molecule has 1 aromatic rings. The Morgan fingerprint density at radius 2 is 1.80 bits per heavy atom. The smallest absolute Gasteiger partial charge is 0.326 e. The predicted octanol–water partition coefficient (Wildman–Crippen LogP) is 3.66. The molecule has 2 N–H and O–H groups in total. The third kappa shape index (κ3) is 4.49. The second-order valence-electron chi connectivity index (χ2n) is 5.05. The third-order valence-electron chi connectivity index (χ3n) is 3.57. The van der Waals surface area contributed by atoms with Crippen molar-refractivity contribution >= 4 is 0 Å². The largest absolute Gasteiger partial charge is 0.401 e. The summed E-state index contributed by atoms with van der Waals surface area (Å²) in [5.74, 6) is 0. The van der Waals surface area contributed by atoms with Gasteiger partial charge in [-0.2, -0.15) is 13.2 Å². The second kappa shape index (κ2) is 7.09. The Morgan fingerprint density at radius 3 is 2.25 bits per heavy atom. The molecule has 0 amide bonds. The van der Waals surface area contributed by atoms with Crippen molar-refractivity contribution < 1.29 is 13.2 Å². The van der Waals surface area contributed by atoms with Gasteiger partial charge in [-0.25, -0.2) is 0 Å². The molecule has 2 unspecified atom stereocenters. The topological polar surface area (TPSA) is 29.3 Å². The molecule has 0 heterocycles. The van der Waals surface area contributed by atoms with E-state index in [1.54, 1.807) is 6.92 Å². The molecule has 0 spiro atoms. The van der Waals surface area contributed by atoms with E-state index in [-0.39, 0.29) is 6.04 Å². The van der Waals surface area contributed by atoms with Crippen LogP contribution in [0.25, 0.3) is 0 Å². The molecule has 0 saturated carbocycles. The maximum Gasteiger partial charge on any atom is 0.401 e. The van der Waals surface area contributed by atoms with Crippen molar-refractivity contribution in [2.45, 2.75) is 45.5 Å². The Hall–Kier alpha value is -1.07. The Kier molecular flexibility index (Phi) is 6.02. The predicted molar refractivity (Wildman–Crippen MR) is 75.5 cm³/mol. The molecular weight excluding hydrogens is 265 g/mol. The minimum absolute atomic E-state index is 0.312. The summed E-state index contributed by atoms with van der Waals surface area (Å²) in [5, 5.41) is 0. The number of benzene rings is 1. The van der Waals surface area contributed by atoms with Crippen LogP contribution in [0.2, 0.25) is 0 Å².